The first-order valence-corrected chi connectivity index (χ1v) is 6.06. The van der Waals surface area contributed by atoms with Gasteiger partial charge in [0.05, 0.1) is 5.56 Å². The van der Waals surface area contributed by atoms with Crippen LogP contribution in [0.25, 0.3) is 0 Å². The summed E-state index contributed by atoms with van der Waals surface area (Å²) in [6.45, 7) is 6.52. The highest BCUT2D eigenvalue weighted by Crippen LogP contribution is 2.26. The van der Waals surface area contributed by atoms with Crippen molar-refractivity contribution in [3.8, 4) is 5.88 Å². The molecule has 0 fully saturated rings. The van der Waals surface area contributed by atoms with E-state index in [9.17, 15) is 13.2 Å². The average molecular weight is 277 g/mol. The molecule has 0 aromatic carbocycles. The van der Waals surface area contributed by atoms with Gasteiger partial charge in [0.1, 0.15) is 11.6 Å². The lowest BCUT2D eigenvalue weighted by atomic mass is 10.2. The zero-order valence-corrected chi connectivity index (χ0v) is 11.4. The standard InChI is InChI=1S/C12H18F3N3O/c1-5-16-10-8(4)11(19-6-12(13,14)15)18-9(17-10)7(2)3/h7H,5-6H2,1-4H3,(H,16,17,18). The number of aromatic nitrogens is 2. The Balaban J connectivity index is 3.07. The van der Waals surface area contributed by atoms with Gasteiger partial charge in [0, 0.05) is 12.5 Å². The number of alkyl halides is 3. The van der Waals surface area contributed by atoms with Crippen LogP contribution >= 0.6 is 0 Å². The lowest BCUT2D eigenvalue weighted by molar-refractivity contribution is -0.154. The van der Waals surface area contributed by atoms with Crippen LogP contribution in [-0.2, 0) is 0 Å². The molecular formula is C12H18F3N3O. The Morgan fingerprint density at radius 1 is 1.26 bits per heavy atom. The molecule has 1 heterocycles. The van der Waals surface area contributed by atoms with Crippen LogP contribution < -0.4 is 10.1 Å². The van der Waals surface area contributed by atoms with Gasteiger partial charge in [-0.05, 0) is 13.8 Å². The van der Waals surface area contributed by atoms with E-state index in [2.05, 4.69) is 15.3 Å². The van der Waals surface area contributed by atoms with E-state index in [1.165, 1.54) is 0 Å². The van der Waals surface area contributed by atoms with Crippen LogP contribution in [0.2, 0.25) is 0 Å². The Morgan fingerprint density at radius 3 is 2.37 bits per heavy atom. The fraction of sp³-hybridized carbons (Fsp3) is 0.667. The van der Waals surface area contributed by atoms with Gasteiger partial charge in [-0.3, -0.25) is 0 Å². The second kappa shape index (κ2) is 6.08. The van der Waals surface area contributed by atoms with Gasteiger partial charge in [0.15, 0.2) is 6.61 Å². The molecule has 0 aliphatic carbocycles. The van der Waals surface area contributed by atoms with Crippen LogP contribution in [0.15, 0.2) is 0 Å². The zero-order chi connectivity index (χ0) is 14.6. The number of hydrogen-bond acceptors (Lipinski definition) is 4. The first kappa shape index (κ1) is 15.5. The molecule has 0 aliphatic heterocycles. The fourth-order valence-electron chi connectivity index (χ4n) is 1.40. The fourth-order valence-corrected chi connectivity index (χ4v) is 1.40. The molecule has 0 saturated heterocycles. The van der Waals surface area contributed by atoms with Crippen molar-refractivity contribution in [2.75, 3.05) is 18.5 Å². The summed E-state index contributed by atoms with van der Waals surface area (Å²) in [5.74, 6) is 0.954. The topological polar surface area (TPSA) is 47.0 Å². The molecule has 1 N–H and O–H groups in total. The van der Waals surface area contributed by atoms with E-state index in [4.69, 9.17) is 4.74 Å². The molecule has 4 nitrogen and oxygen atoms in total. The highest BCUT2D eigenvalue weighted by atomic mass is 19.4. The van der Waals surface area contributed by atoms with Crippen LogP contribution in [0.1, 0.15) is 38.1 Å². The number of halogens is 3. The van der Waals surface area contributed by atoms with Crippen LogP contribution in [0.3, 0.4) is 0 Å². The average Bonchev–Trinajstić information content (AvgIpc) is 2.29. The van der Waals surface area contributed by atoms with Crippen molar-refractivity contribution in [2.24, 2.45) is 0 Å². The lowest BCUT2D eigenvalue weighted by Crippen LogP contribution is -2.21. The molecular weight excluding hydrogens is 259 g/mol. The van der Waals surface area contributed by atoms with Gasteiger partial charge < -0.3 is 10.1 Å². The minimum atomic E-state index is -4.38. The summed E-state index contributed by atoms with van der Waals surface area (Å²) in [5, 5.41) is 3.00. The van der Waals surface area contributed by atoms with Gasteiger partial charge in [-0.1, -0.05) is 13.8 Å². The Hall–Kier alpha value is -1.53. The second-order valence-electron chi connectivity index (χ2n) is 4.45. The van der Waals surface area contributed by atoms with E-state index in [-0.39, 0.29) is 11.8 Å². The van der Waals surface area contributed by atoms with Crippen LogP contribution in [-0.4, -0.2) is 29.3 Å². The minimum absolute atomic E-state index is 0.00578. The summed E-state index contributed by atoms with van der Waals surface area (Å²) in [6, 6.07) is 0. The van der Waals surface area contributed by atoms with Crippen molar-refractivity contribution in [3.05, 3.63) is 11.4 Å². The van der Waals surface area contributed by atoms with Crippen LogP contribution in [0, 0.1) is 6.92 Å². The van der Waals surface area contributed by atoms with E-state index in [0.717, 1.165) is 0 Å². The quantitative estimate of drug-likeness (QED) is 0.897. The van der Waals surface area contributed by atoms with Gasteiger partial charge >= 0.3 is 6.18 Å². The normalized spacial score (nSPS) is 11.8. The van der Waals surface area contributed by atoms with Crippen molar-refractivity contribution in [3.63, 3.8) is 0 Å². The SMILES string of the molecule is CCNc1nc(C(C)C)nc(OCC(F)(F)F)c1C. The summed E-state index contributed by atoms with van der Waals surface area (Å²) in [6.07, 6.45) is -4.38. The monoisotopic (exact) mass is 277 g/mol. The third kappa shape index (κ3) is 4.57. The maximum absolute atomic E-state index is 12.2. The highest BCUT2D eigenvalue weighted by molar-refractivity contribution is 5.48. The number of ether oxygens (including phenoxy) is 1. The third-order valence-corrected chi connectivity index (χ3v) is 2.35. The number of nitrogens with one attached hydrogen (secondary N) is 1. The van der Waals surface area contributed by atoms with E-state index < -0.39 is 12.8 Å². The first-order valence-electron chi connectivity index (χ1n) is 6.06. The van der Waals surface area contributed by atoms with E-state index in [1.807, 2.05) is 20.8 Å². The maximum Gasteiger partial charge on any atom is 0.422 e. The summed E-state index contributed by atoms with van der Waals surface area (Å²) in [7, 11) is 0. The van der Waals surface area contributed by atoms with Crippen LogP contribution in [0.5, 0.6) is 5.88 Å². The molecule has 0 bridgehead atoms. The Labute approximate surface area is 110 Å². The Morgan fingerprint density at radius 2 is 1.89 bits per heavy atom. The molecule has 1 aromatic heterocycles. The van der Waals surface area contributed by atoms with Gasteiger partial charge in [0.2, 0.25) is 5.88 Å². The molecule has 0 unspecified atom stereocenters. The largest absolute Gasteiger partial charge is 0.468 e. The van der Waals surface area contributed by atoms with Crippen molar-refractivity contribution < 1.29 is 17.9 Å². The van der Waals surface area contributed by atoms with E-state index in [0.29, 0.717) is 23.8 Å². The number of nitrogens with zero attached hydrogens (tertiary/aromatic N) is 2. The smallest absolute Gasteiger partial charge is 0.422 e. The summed E-state index contributed by atoms with van der Waals surface area (Å²) < 4.78 is 41.4. The molecule has 0 aliphatic rings. The minimum Gasteiger partial charge on any atom is -0.468 e. The number of hydrogen-bond donors (Lipinski definition) is 1. The molecule has 0 amide bonds. The molecule has 7 heteroatoms. The highest BCUT2D eigenvalue weighted by Gasteiger charge is 2.29. The second-order valence-corrected chi connectivity index (χ2v) is 4.45. The lowest BCUT2D eigenvalue weighted by Gasteiger charge is -2.16. The Kier molecular flexibility index (Phi) is 4.97. The molecule has 0 spiro atoms. The van der Waals surface area contributed by atoms with Crippen molar-refractivity contribution in [1.82, 2.24) is 9.97 Å². The molecule has 0 saturated carbocycles. The van der Waals surface area contributed by atoms with Crippen molar-refractivity contribution in [1.29, 1.82) is 0 Å². The molecule has 1 aromatic rings. The van der Waals surface area contributed by atoms with Gasteiger partial charge in [-0.2, -0.15) is 18.2 Å². The summed E-state index contributed by atoms with van der Waals surface area (Å²) in [5.41, 5.74) is 0.482. The summed E-state index contributed by atoms with van der Waals surface area (Å²) >= 11 is 0. The van der Waals surface area contributed by atoms with Gasteiger partial charge in [0.25, 0.3) is 0 Å². The number of anilines is 1. The van der Waals surface area contributed by atoms with Crippen LogP contribution in [0.4, 0.5) is 19.0 Å². The molecule has 108 valence electrons. The molecule has 0 atom stereocenters. The number of rotatable bonds is 5. The van der Waals surface area contributed by atoms with Crippen molar-refractivity contribution >= 4 is 5.82 Å². The van der Waals surface area contributed by atoms with Gasteiger partial charge in [-0.15, -0.1) is 0 Å². The van der Waals surface area contributed by atoms with E-state index in [1.54, 1.807) is 6.92 Å². The molecule has 0 radical (unpaired) electrons. The maximum atomic E-state index is 12.2. The zero-order valence-electron chi connectivity index (χ0n) is 11.4. The molecule has 1 rings (SSSR count). The van der Waals surface area contributed by atoms with Gasteiger partial charge in [-0.25, -0.2) is 4.98 Å². The summed E-state index contributed by atoms with van der Waals surface area (Å²) in [4.78, 5) is 8.33. The predicted molar refractivity (Wildman–Crippen MR) is 66.6 cm³/mol. The van der Waals surface area contributed by atoms with Crippen molar-refractivity contribution in [2.45, 2.75) is 39.8 Å². The van der Waals surface area contributed by atoms with E-state index >= 15 is 0 Å². The molecule has 19 heavy (non-hydrogen) atoms. The first-order chi connectivity index (χ1) is 8.74. The predicted octanol–water partition coefficient (Wildman–Crippen LogP) is 3.28. The third-order valence-electron chi connectivity index (χ3n) is 2.35. The Bertz CT molecular complexity index is 433.